The molecule has 0 aliphatic heterocycles. The van der Waals surface area contributed by atoms with Crippen molar-refractivity contribution in [3.63, 3.8) is 0 Å². The predicted octanol–water partition coefficient (Wildman–Crippen LogP) is 1.95. The molecule has 0 amide bonds. The summed E-state index contributed by atoms with van der Waals surface area (Å²) in [5.41, 5.74) is 7.55. The zero-order valence-electron chi connectivity index (χ0n) is 6.86. The fourth-order valence-corrected chi connectivity index (χ4v) is 1.12. The number of nitrogen functional groups attached to an aromatic ring is 1. The first kappa shape index (κ1) is 11.6. The normalized spacial score (nSPS) is 14.8. The minimum absolute atomic E-state index is 0. The van der Waals surface area contributed by atoms with Gasteiger partial charge >= 0.3 is 0 Å². The van der Waals surface area contributed by atoms with E-state index in [1.807, 2.05) is 11.6 Å². The third kappa shape index (κ3) is 1.84. The van der Waals surface area contributed by atoms with E-state index >= 15 is 0 Å². The van der Waals surface area contributed by atoms with E-state index in [0.717, 1.165) is 11.4 Å². The third-order valence-electron chi connectivity index (χ3n) is 1.98. The highest BCUT2D eigenvalue weighted by Gasteiger charge is 2.25. The molecule has 0 saturated heterocycles. The van der Waals surface area contributed by atoms with E-state index in [4.69, 9.17) is 5.73 Å². The summed E-state index contributed by atoms with van der Waals surface area (Å²) < 4.78 is 2.02. The van der Waals surface area contributed by atoms with Crippen molar-refractivity contribution in [1.29, 1.82) is 0 Å². The van der Waals surface area contributed by atoms with Gasteiger partial charge in [-0.25, -0.2) is 0 Å². The predicted molar refractivity (Wildman–Crippen MR) is 54.1 cm³/mol. The Hall–Kier alpha value is -0.410. The Morgan fingerprint density at radius 2 is 2.08 bits per heavy atom. The van der Waals surface area contributed by atoms with Crippen LogP contribution >= 0.6 is 24.8 Å². The fraction of sp³-hybridized carbons (Fsp3) is 0.571. The van der Waals surface area contributed by atoms with Crippen LogP contribution in [-0.2, 0) is 0 Å². The van der Waals surface area contributed by atoms with Crippen molar-refractivity contribution in [2.24, 2.45) is 0 Å². The van der Waals surface area contributed by atoms with Crippen molar-refractivity contribution in [1.82, 2.24) is 9.78 Å². The lowest BCUT2D eigenvalue weighted by atomic mass is 10.4. The second-order valence-electron chi connectivity index (χ2n) is 2.86. The molecule has 1 aromatic rings. The van der Waals surface area contributed by atoms with Gasteiger partial charge in [-0.15, -0.1) is 24.8 Å². The van der Waals surface area contributed by atoms with E-state index in [0.29, 0.717) is 6.04 Å². The molecule has 2 rings (SSSR count). The molecule has 1 aliphatic carbocycles. The average Bonchev–Trinajstić information content (AvgIpc) is 2.67. The largest absolute Gasteiger partial charge is 0.396 e. The van der Waals surface area contributed by atoms with E-state index in [1.165, 1.54) is 12.8 Å². The smallest absolute Gasteiger partial charge is 0.0730 e. The topological polar surface area (TPSA) is 43.8 Å². The molecule has 0 unspecified atom stereocenters. The summed E-state index contributed by atoms with van der Waals surface area (Å²) in [4.78, 5) is 0. The molecule has 2 N–H and O–H groups in total. The van der Waals surface area contributed by atoms with Crippen LogP contribution in [-0.4, -0.2) is 9.78 Å². The van der Waals surface area contributed by atoms with E-state index in [2.05, 4.69) is 5.10 Å². The highest BCUT2D eigenvalue weighted by molar-refractivity contribution is 5.85. The molecular weight excluding hydrogens is 197 g/mol. The zero-order valence-corrected chi connectivity index (χ0v) is 8.49. The molecule has 0 spiro atoms. The van der Waals surface area contributed by atoms with Crippen molar-refractivity contribution in [3.8, 4) is 0 Å². The number of nitrogens with zero attached hydrogens (tertiary/aromatic N) is 2. The third-order valence-corrected chi connectivity index (χ3v) is 1.98. The second kappa shape index (κ2) is 4.01. The van der Waals surface area contributed by atoms with Crippen LogP contribution < -0.4 is 5.73 Å². The van der Waals surface area contributed by atoms with E-state index in [9.17, 15) is 0 Å². The first-order valence-corrected chi connectivity index (χ1v) is 3.58. The molecule has 1 saturated carbocycles. The molecule has 0 aromatic carbocycles. The Morgan fingerprint density at radius 3 is 2.42 bits per heavy atom. The molecule has 5 heteroatoms. The van der Waals surface area contributed by atoms with Gasteiger partial charge in [0.25, 0.3) is 0 Å². The molecule has 0 bridgehead atoms. The van der Waals surface area contributed by atoms with Gasteiger partial charge in [0, 0.05) is 0 Å². The molecule has 0 atom stereocenters. The minimum atomic E-state index is 0. The molecule has 1 aromatic heterocycles. The Bertz CT molecular complexity index is 255. The van der Waals surface area contributed by atoms with Gasteiger partial charge in [-0.1, -0.05) is 0 Å². The van der Waals surface area contributed by atoms with Crippen LogP contribution in [0.5, 0.6) is 0 Å². The van der Waals surface area contributed by atoms with Crippen molar-refractivity contribution >= 4 is 30.5 Å². The second-order valence-corrected chi connectivity index (χ2v) is 2.86. The van der Waals surface area contributed by atoms with Crippen LogP contribution in [0.1, 0.15) is 24.6 Å². The number of anilines is 1. The van der Waals surface area contributed by atoms with Crippen molar-refractivity contribution in [3.05, 3.63) is 11.9 Å². The van der Waals surface area contributed by atoms with Crippen molar-refractivity contribution in [2.75, 3.05) is 5.73 Å². The van der Waals surface area contributed by atoms with Gasteiger partial charge in [0.2, 0.25) is 0 Å². The standard InChI is InChI=1S/C7H11N3.2ClH/c1-5-7(8)4-9-10(5)6-2-3-6;;/h4,6H,2-3,8H2,1H3;2*1H. The maximum atomic E-state index is 5.62. The lowest BCUT2D eigenvalue weighted by Crippen LogP contribution is -1.98. The van der Waals surface area contributed by atoms with Gasteiger partial charge in [-0.3, -0.25) is 4.68 Å². The highest BCUT2D eigenvalue weighted by atomic mass is 35.5. The number of rotatable bonds is 1. The van der Waals surface area contributed by atoms with Crippen LogP contribution in [0, 0.1) is 6.92 Å². The number of nitrogens with two attached hydrogens (primary N) is 1. The zero-order chi connectivity index (χ0) is 7.14. The van der Waals surface area contributed by atoms with Crippen LogP contribution in [0.25, 0.3) is 0 Å². The molecule has 0 radical (unpaired) electrons. The van der Waals surface area contributed by atoms with Crippen molar-refractivity contribution < 1.29 is 0 Å². The first-order chi connectivity index (χ1) is 4.79. The van der Waals surface area contributed by atoms with E-state index in [-0.39, 0.29) is 24.8 Å². The van der Waals surface area contributed by atoms with Gasteiger partial charge in [0.1, 0.15) is 0 Å². The summed E-state index contributed by atoms with van der Waals surface area (Å²) in [5.74, 6) is 0. The molecule has 1 heterocycles. The number of aromatic nitrogens is 2. The lowest BCUT2D eigenvalue weighted by molar-refractivity contribution is 0.623. The number of hydrogen-bond acceptors (Lipinski definition) is 2. The summed E-state index contributed by atoms with van der Waals surface area (Å²) in [6, 6.07) is 0.650. The summed E-state index contributed by atoms with van der Waals surface area (Å²) >= 11 is 0. The highest BCUT2D eigenvalue weighted by Crippen LogP contribution is 2.35. The summed E-state index contributed by atoms with van der Waals surface area (Å²) in [6.07, 6.45) is 4.26. The SMILES string of the molecule is Cc1c(N)cnn1C1CC1.Cl.Cl. The summed E-state index contributed by atoms with van der Waals surface area (Å²) in [5, 5.41) is 4.17. The van der Waals surface area contributed by atoms with Crippen LogP contribution in [0.4, 0.5) is 5.69 Å². The Kier molecular flexibility index (Phi) is 3.87. The maximum absolute atomic E-state index is 5.62. The number of hydrogen-bond donors (Lipinski definition) is 1. The Labute approximate surface area is 84.1 Å². The van der Waals surface area contributed by atoms with Gasteiger partial charge in [0.05, 0.1) is 23.6 Å². The summed E-state index contributed by atoms with van der Waals surface area (Å²) in [6.45, 7) is 2.01. The van der Waals surface area contributed by atoms with Crippen LogP contribution in [0.15, 0.2) is 6.20 Å². The lowest BCUT2D eigenvalue weighted by Gasteiger charge is -1.99. The van der Waals surface area contributed by atoms with Gasteiger partial charge in [-0.05, 0) is 19.8 Å². The van der Waals surface area contributed by atoms with E-state index in [1.54, 1.807) is 6.20 Å². The van der Waals surface area contributed by atoms with Gasteiger partial charge in [0.15, 0.2) is 0 Å². The van der Waals surface area contributed by atoms with E-state index < -0.39 is 0 Å². The molecular formula is C7H13Cl2N3. The Balaban J connectivity index is 0.000000605. The quantitative estimate of drug-likeness (QED) is 0.769. The molecule has 1 fully saturated rings. The molecule has 70 valence electrons. The van der Waals surface area contributed by atoms with Crippen molar-refractivity contribution in [2.45, 2.75) is 25.8 Å². The monoisotopic (exact) mass is 209 g/mol. The molecule has 12 heavy (non-hydrogen) atoms. The average molecular weight is 210 g/mol. The Morgan fingerprint density at radius 1 is 1.50 bits per heavy atom. The van der Waals surface area contributed by atoms with Crippen LogP contribution in [0.2, 0.25) is 0 Å². The van der Waals surface area contributed by atoms with Gasteiger partial charge < -0.3 is 5.73 Å². The van der Waals surface area contributed by atoms with Gasteiger partial charge in [-0.2, -0.15) is 5.10 Å². The van der Waals surface area contributed by atoms with Crippen LogP contribution in [0.3, 0.4) is 0 Å². The number of halogens is 2. The fourth-order valence-electron chi connectivity index (χ4n) is 1.12. The first-order valence-electron chi connectivity index (χ1n) is 3.58. The molecule has 3 nitrogen and oxygen atoms in total. The summed E-state index contributed by atoms with van der Waals surface area (Å²) in [7, 11) is 0. The minimum Gasteiger partial charge on any atom is -0.396 e. The molecule has 1 aliphatic rings. The maximum Gasteiger partial charge on any atom is 0.0730 e.